The molecule has 4 aromatic rings. The molecule has 0 aliphatic carbocycles. The molecule has 0 saturated carbocycles. The molecule has 0 spiro atoms. The number of carbonyl (C=O) groups excluding carboxylic acids is 1. The van der Waals surface area contributed by atoms with Gasteiger partial charge in [-0.25, -0.2) is 9.97 Å². The fourth-order valence-corrected chi connectivity index (χ4v) is 4.71. The summed E-state index contributed by atoms with van der Waals surface area (Å²) >= 11 is 1.02. The van der Waals surface area contributed by atoms with E-state index in [1.54, 1.807) is 48.7 Å². The van der Waals surface area contributed by atoms with Crippen molar-refractivity contribution in [1.29, 1.82) is 5.26 Å². The van der Waals surface area contributed by atoms with Crippen LogP contribution in [0.25, 0.3) is 11.8 Å². The Labute approximate surface area is 225 Å². The van der Waals surface area contributed by atoms with Crippen molar-refractivity contribution in [2.24, 2.45) is 0 Å². The first-order valence-electron chi connectivity index (χ1n) is 11.3. The van der Waals surface area contributed by atoms with E-state index >= 15 is 0 Å². The molecule has 0 aliphatic heterocycles. The number of nitrogens with zero attached hydrogens (tertiary/aromatic N) is 5. The molecule has 0 amide bonds. The molecule has 2 heterocycles. The van der Waals surface area contributed by atoms with Crippen molar-refractivity contribution in [3.05, 3.63) is 105 Å². The summed E-state index contributed by atoms with van der Waals surface area (Å²) < 4.78 is 31.1. The Kier molecular flexibility index (Phi) is 8.12. The van der Waals surface area contributed by atoms with Crippen LogP contribution in [0.2, 0.25) is 0 Å². The van der Waals surface area contributed by atoms with Gasteiger partial charge in [0.15, 0.2) is 5.16 Å². The molecule has 9 nitrogen and oxygen atoms in total. The van der Waals surface area contributed by atoms with E-state index in [0.717, 1.165) is 11.8 Å². The number of alkyl halides is 2. The van der Waals surface area contributed by atoms with Crippen LogP contribution in [0.3, 0.4) is 0 Å². The smallest absolute Gasteiger partial charge is 0.387 e. The number of hydrogen-bond donors (Lipinski definition) is 0. The molecule has 0 aliphatic rings. The largest absolute Gasteiger partial charge is 0.435 e. The van der Waals surface area contributed by atoms with Gasteiger partial charge in [-0.2, -0.15) is 14.0 Å². The maximum absolute atomic E-state index is 13.3. The molecule has 4 rings (SSSR count). The zero-order chi connectivity index (χ0) is 28.1. The summed E-state index contributed by atoms with van der Waals surface area (Å²) in [5.74, 6) is -0.565. The first kappa shape index (κ1) is 27.2. The number of ether oxygens (including phenoxy) is 1. The highest BCUT2D eigenvalue weighted by atomic mass is 32.2. The molecular formula is C27H19F2N5O4S. The topological polar surface area (TPSA) is 124 Å². The fourth-order valence-electron chi connectivity index (χ4n) is 3.92. The highest BCUT2D eigenvalue weighted by Gasteiger charge is 2.22. The molecule has 2 aromatic carbocycles. The molecule has 2 aromatic heterocycles. The average molecular weight is 548 g/mol. The molecule has 0 saturated heterocycles. The van der Waals surface area contributed by atoms with Gasteiger partial charge in [0.2, 0.25) is 5.78 Å². The van der Waals surface area contributed by atoms with Gasteiger partial charge in [-0.15, -0.1) is 0 Å². The van der Waals surface area contributed by atoms with Gasteiger partial charge in [-0.3, -0.25) is 14.9 Å². The monoisotopic (exact) mass is 547 g/mol. The minimum absolute atomic E-state index is 0.00276. The van der Waals surface area contributed by atoms with Crippen molar-refractivity contribution >= 4 is 29.3 Å². The maximum Gasteiger partial charge on any atom is 0.387 e. The van der Waals surface area contributed by atoms with Crippen LogP contribution >= 0.6 is 11.8 Å². The summed E-state index contributed by atoms with van der Waals surface area (Å²) in [6, 6.07) is 15.4. The van der Waals surface area contributed by atoms with Gasteiger partial charge in [0, 0.05) is 41.1 Å². The lowest BCUT2D eigenvalue weighted by Gasteiger charge is -2.11. The van der Waals surface area contributed by atoms with Crippen LogP contribution in [0.4, 0.5) is 14.5 Å². The molecule has 12 heteroatoms. The Morgan fingerprint density at radius 2 is 1.85 bits per heavy atom. The number of allylic oxidation sites excluding steroid dienone is 1. The van der Waals surface area contributed by atoms with Gasteiger partial charge in [-0.1, -0.05) is 6.07 Å². The molecular weight excluding hydrogens is 528 g/mol. The van der Waals surface area contributed by atoms with E-state index in [9.17, 15) is 29.0 Å². The van der Waals surface area contributed by atoms with Crippen LogP contribution in [0.1, 0.15) is 27.3 Å². The molecule has 0 N–H and O–H groups in total. The lowest BCUT2D eigenvalue weighted by atomic mass is 10.0. The molecule has 0 fully saturated rings. The third-order valence-electron chi connectivity index (χ3n) is 5.59. The lowest BCUT2D eigenvalue weighted by molar-refractivity contribution is -0.387. The van der Waals surface area contributed by atoms with Crippen LogP contribution in [0.5, 0.6) is 5.75 Å². The predicted molar refractivity (Wildman–Crippen MR) is 139 cm³/mol. The quantitative estimate of drug-likeness (QED) is 0.0594. The molecule has 196 valence electrons. The maximum atomic E-state index is 13.3. The van der Waals surface area contributed by atoms with E-state index in [1.807, 2.05) is 6.07 Å². The molecule has 0 unspecified atom stereocenters. The van der Waals surface area contributed by atoms with Gasteiger partial charge < -0.3 is 9.30 Å². The van der Waals surface area contributed by atoms with Gasteiger partial charge >= 0.3 is 6.61 Å². The van der Waals surface area contributed by atoms with Crippen molar-refractivity contribution in [2.75, 3.05) is 0 Å². The highest BCUT2D eigenvalue weighted by molar-refractivity contribution is 7.99. The van der Waals surface area contributed by atoms with Crippen molar-refractivity contribution in [2.45, 2.75) is 30.5 Å². The van der Waals surface area contributed by atoms with Gasteiger partial charge in [-0.05, 0) is 79.7 Å². The van der Waals surface area contributed by atoms with E-state index in [1.165, 1.54) is 42.7 Å². The van der Waals surface area contributed by atoms with Crippen LogP contribution in [-0.2, 0) is 0 Å². The normalized spacial score (nSPS) is 11.3. The number of nitro groups is 1. The van der Waals surface area contributed by atoms with Crippen molar-refractivity contribution in [3.63, 3.8) is 0 Å². The first-order valence-corrected chi connectivity index (χ1v) is 12.1. The van der Waals surface area contributed by atoms with Gasteiger partial charge in [0.1, 0.15) is 17.4 Å². The standard InChI is InChI=1S/C27H19F2N5O4S/c1-16-12-22(17(2)33(16)20-5-7-21(8-6-20)38-26(28)29)25(35)19(15-30)13-18-4-9-24(23(14-18)34(36)37)39-27-31-10-3-11-32-27/h3-14,26H,1-2H3. The van der Waals surface area contributed by atoms with Gasteiger partial charge in [0.25, 0.3) is 5.69 Å². The number of Topliss-reactive ketones (excluding diaryl/α,β-unsaturated/α-hetero) is 1. The molecule has 39 heavy (non-hydrogen) atoms. The number of carbonyl (C=O) groups is 1. The van der Waals surface area contributed by atoms with Crippen molar-refractivity contribution in [1.82, 2.24) is 14.5 Å². The summed E-state index contributed by atoms with van der Waals surface area (Å²) in [5.41, 5.74) is 1.95. The number of aromatic nitrogens is 3. The number of benzene rings is 2. The Morgan fingerprint density at radius 1 is 1.15 bits per heavy atom. The zero-order valence-electron chi connectivity index (χ0n) is 20.5. The van der Waals surface area contributed by atoms with Crippen LogP contribution in [0, 0.1) is 35.3 Å². The molecule has 0 radical (unpaired) electrons. The van der Waals surface area contributed by atoms with Crippen LogP contribution in [-0.4, -0.2) is 31.9 Å². The number of nitriles is 1. The summed E-state index contributed by atoms with van der Waals surface area (Å²) in [6.07, 6.45) is 4.35. The summed E-state index contributed by atoms with van der Waals surface area (Å²) in [7, 11) is 0. The Balaban J connectivity index is 1.64. The predicted octanol–water partition coefficient (Wildman–Crippen LogP) is 6.33. The second-order valence-corrected chi connectivity index (χ2v) is 9.12. The second-order valence-electron chi connectivity index (χ2n) is 8.11. The van der Waals surface area contributed by atoms with E-state index < -0.39 is 17.3 Å². The van der Waals surface area contributed by atoms with Crippen molar-refractivity contribution < 1.29 is 23.2 Å². The zero-order valence-corrected chi connectivity index (χ0v) is 21.4. The number of nitro benzene ring substituents is 1. The number of ketones is 1. The fraction of sp³-hybridized carbons (Fsp3) is 0.111. The Bertz CT molecular complexity index is 1610. The third kappa shape index (κ3) is 6.16. The SMILES string of the molecule is Cc1cc(C(=O)C(C#N)=Cc2ccc(Sc3ncccn3)c([N+](=O)[O-])c2)c(C)n1-c1ccc(OC(F)F)cc1. The minimum atomic E-state index is -2.94. The minimum Gasteiger partial charge on any atom is -0.435 e. The van der Waals surface area contributed by atoms with E-state index in [0.29, 0.717) is 32.7 Å². The second kappa shape index (κ2) is 11.7. The van der Waals surface area contributed by atoms with Crippen LogP contribution in [0.15, 0.2) is 82.6 Å². The van der Waals surface area contributed by atoms with Crippen LogP contribution < -0.4 is 4.74 Å². The average Bonchev–Trinajstić information content (AvgIpc) is 3.21. The highest BCUT2D eigenvalue weighted by Crippen LogP contribution is 2.34. The molecule has 0 bridgehead atoms. The van der Waals surface area contributed by atoms with Gasteiger partial charge in [0.05, 0.1) is 9.82 Å². The summed E-state index contributed by atoms with van der Waals surface area (Å²) in [4.78, 5) is 32.9. The lowest BCUT2D eigenvalue weighted by Crippen LogP contribution is -2.06. The van der Waals surface area contributed by atoms with Crippen molar-refractivity contribution in [3.8, 4) is 17.5 Å². The third-order valence-corrected chi connectivity index (χ3v) is 6.55. The Hall–Kier alpha value is -4.89. The van der Waals surface area contributed by atoms with E-state index in [4.69, 9.17) is 0 Å². The van der Waals surface area contributed by atoms with E-state index in [2.05, 4.69) is 14.7 Å². The molecule has 0 atom stereocenters. The number of rotatable bonds is 9. The summed E-state index contributed by atoms with van der Waals surface area (Å²) in [6.45, 7) is 0.515. The number of hydrogen-bond acceptors (Lipinski definition) is 8. The number of aryl methyl sites for hydroxylation is 1. The Morgan fingerprint density at radius 3 is 2.46 bits per heavy atom. The summed E-state index contributed by atoms with van der Waals surface area (Å²) in [5, 5.41) is 21.8. The first-order chi connectivity index (χ1) is 18.7. The van der Waals surface area contributed by atoms with E-state index in [-0.39, 0.29) is 22.6 Å². The number of halogens is 2.